The Balaban J connectivity index is 1.67. The molecule has 1 heterocycles. The summed E-state index contributed by atoms with van der Waals surface area (Å²) in [4.78, 5) is 26.1. The number of aryl methyl sites for hydroxylation is 3. The third-order valence-electron chi connectivity index (χ3n) is 5.32. The monoisotopic (exact) mass is 351 g/mol. The van der Waals surface area contributed by atoms with Gasteiger partial charge in [-0.15, -0.1) is 0 Å². The fourth-order valence-electron chi connectivity index (χ4n) is 3.82. The first kappa shape index (κ1) is 18.2. The van der Waals surface area contributed by atoms with E-state index in [2.05, 4.69) is 32.0 Å². The summed E-state index contributed by atoms with van der Waals surface area (Å²) in [5.41, 5.74) is 4.58. The Labute approximate surface area is 154 Å². The first-order valence-electron chi connectivity index (χ1n) is 9.07. The molecule has 2 aromatic carbocycles. The number of carboxylic acid groups (broad SMARTS) is 1. The molecule has 0 aromatic heterocycles. The van der Waals surface area contributed by atoms with E-state index in [9.17, 15) is 14.7 Å². The molecule has 1 N–H and O–H groups in total. The summed E-state index contributed by atoms with van der Waals surface area (Å²) in [5.74, 6) is -1.47. The first-order valence-corrected chi connectivity index (χ1v) is 9.07. The molecular weight excluding hydrogens is 326 g/mol. The zero-order valence-corrected chi connectivity index (χ0v) is 15.3. The molecule has 0 bridgehead atoms. The number of amides is 1. The minimum absolute atomic E-state index is 0.0367. The number of carbonyl (C=O) groups is 2. The number of carbonyl (C=O) groups excluding carboxylic acids is 1. The van der Waals surface area contributed by atoms with Crippen molar-refractivity contribution in [2.75, 3.05) is 13.1 Å². The van der Waals surface area contributed by atoms with E-state index >= 15 is 0 Å². The molecule has 3 rings (SSSR count). The fraction of sp³-hybridized carbons (Fsp3) is 0.364. The van der Waals surface area contributed by atoms with E-state index in [1.54, 1.807) is 4.90 Å². The molecule has 2 aromatic rings. The number of nitrogens with zero attached hydrogens (tertiary/aromatic N) is 1. The maximum Gasteiger partial charge on any atom is 0.308 e. The number of carboxylic acids is 1. The largest absolute Gasteiger partial charge is 0.481 e. The van der Waals surface area contributed by atoms with Gasteiger partial charge >= 0.3 is 5.97 Å². The van der Waals surface area contributed by atoms with E-state index in [-0.39, 0.29) is 11.8 Å². The number of rotatable bonds is 5. The van der Waals surface area contributed by atoms with Crippen molar-refractivity contribution in [3.05, 3.63) is 70.8 Å². The summed E-state index contributed by atoms with van der Waals surface area (Å²) in [5, 5.41) is 9.58. The second-order valence-electron chi connectivity index (χ2n) is 7.19. The Morgan fingerprint density at radius 2 is 1.81 bits per heavy atom. The number of hydrogen-bond acceptors (Lipinski definition) is 2. The number of benzene rings is 2. The summed E-state index contributed by atoms with van der Waals surface area (Å²) < 4.78 is 0. The van der Waals surface area contributed by atoms with Crippen LogP contribution in [0, 0.1) is 19.8 Å². The van der Waals surface area contributed by atoms with Gasteiger partial charge in [0.1, 0.15) is 0 Å². The molecule has 0 radical (unpaired) electrons. The normalized spacial score (nSPS) is 19.5. The van der Waals surface area contributed by atoms with Gasteiger partial charge in [-0.25, -0.2) is 0 Å². The summed E-state index contributed by atoms with van der Waals surface area (Å²) in [7, 11) is 0. The molecule has 0 spiro atoms. The van der Waals surface area contributed by atoms with Gasteiger partial charge in [-0.1, -0.05) is 54.1 Å². The average molecular weight is 351 g/mol. The molecule has 0 saturated carbocycles. The maximum absolute atomic E-state index is 12.7. The quantitative estimate of drug-likeness (QED) is 0.896. The molecular formula is C22H25NO3. The fourth-order valence-corrected chi connectivity index (χ4v) is 3.82. The maximum atomic E-state index is 12.7. The van der Waals surface area contributed by atoms with Crippen LogP contribution < -0.4 is 0 Å². The zero-order valence-electron chi connectivity index (χ0n) is 15.3. The minimum atomic E-state index is -0.830. The van der Waals surface area contributed by atoms with Crippen LogP contribution in [0.15, 0.2) is 48.5 Å². The Morgan fingerprint density at radius 3 is 2.46 bits per heavy atom. The van der Waals surface area contributed by atoms with Crippen molar-refractivity contribution >= 4 is 11.9 Å². The standard InChI is InChI=1S/C22H25NO3/c1-15-8-9-17(16(2)12-15)10-11-21(24)23-13-19(20(14-23)22(25)26)18-6-4-3-5-7-18/h3-9,12,19-20H,10-11,13-14H2,1-2H3,(H,25,26)/t19-,20-/m0/s1. The van der Waals surface area contributed by atoms with Gasteiger partial charge in [0.15, 0.2) is 0 Å². The lowest BCUT2D eigenvalue weighted by Crippen LogP contribution is -2.30. The lowest BCUT2D eigenvalue weighted by molar-refractivity contribution is -0.141. The van der Waals surface area contributed by atoms with Crippen LogP contribution in [0.25, 0.3) is 0 Å². The number of aliphatic carboxylic acids is 1. The van der Waals surface area contributed by atoms with E-state index in [0.29, 0.717) is 25.9 Å². The molecule has 1 fully saturated rings. The van der Waals surface area contributed by atoms with Crippen LogP contribution in [0.1, 0.15) is 34.6 Å². The highest BCUT2D eigenvalue weighted by Crippen LogP contribution is 2.33. The third kappa shape index (κ3) is 3.96. The highest BCUT2D eigenvalue weighted by molar-refractivity contribution is 5.80. The Bertz CT molecular complexity index is 800. The van der Waals surface area contributed by atoms with Crippen molar-refractivity contribution in [1.29, 1.82) is 0 Å². The smallest absolute Gasteiger partial charge is 0.308 e. The molecule has 1 aliphatic heterocycles. The van der Waals surface area contributed by atoms with Gasteiger partial charge in [0, 0.05) is 25.4 Å². The van der Waals surface area contributed by atoms with Crippen molar-refractivity contribution in [3.8, 4) is 0 Å². The highest BCUT2D eigenvalue weighted by atomic mass is 16.4. The Kier molecular flexibility index (Phi) is 5.40. The van der Waals surface area contributed by atoms with Crippen LogP contribution >= 0.6 is 0 Å². The van der Waals surface area contributed by atoms with Gasteiger partial charge in [0.2, 0.25) is 5.91 Å². The van der Waals surface area contributed by atoms with E-state index in [4.69, 9.17) is 0 Å². The van der Waals surface area contributed by atoms with Gasteiger partial charge < -0.3 is 10.0 Å². The van der Waals surface area contributed by atoms with Crippen molar-refractivity contribution in [2.24, 2.45) is 5.92 Å². The van der Waals surface area contributed by atoms with Crippen molar-refractivity contribution in [2.45, 2.75) is 32.6 Å². The average Bonchev–Trinajstić information content (AvgIpc) is 3.07. The van der Waals surface area contributed by atoms with Crippen LogP contribution in [-0.2, 0) is 16.0 Å². The van der Waals surface area contributed by atoms with Gasteiger partial charge in [-0.05, 0) is 37.0 Å². The van der Waals surface area contributed by atoms with E-state index in [1.807, 2.05) is 30.3 Å². The van der Waals surface area contributed by atoms with E-state index in [1.165, 1.54) is 16.7 Å². The lowest BCUT2D eigenvalue weighted by Gasteiger charge is -2.17. The van der Waals surface area contributed by atoms with E-state index in [0.717, 1.165) is 5.56 Å². The van der Waals surface area contributed by atoms with Gasteiger partial charge in [0.05, 0.1) is 5.92 Å². The van der Waals surface area contributed by atoms with Crippen molar-refractivity contribution < 1.29 is 14.7 Å². The lowest BCUT2D eigenvalue weighted by atomic mass is 9.89. The van der Waals surface area contributed by atoms with Crippen LogP contribution in [0.2, 0.25) is 0 Å². The Morgan fingerprint density at radius 1 is 1.08 bits per heavy atom. The molecule has 0 unspecified atom stereocenters. The van der Waals surface area contributed by atoms with Crippen LogP contribution in [-0.4, -0.2) is 35.0 Å². The van der Waals surface area contributed by atoms with E-state index < -0.39 is 11.9 Å². The second kappa shape index (κ2) is 7.73. The summed E-state index contributed by atoms with van der Waals surface area (Å²) in [6.07, 6.45) is 1.10. The molecule has 1 saturated heterocycles. The van der Waals surface area contributed by atoms with Gasteiger partial charge in [-0.2, -0.15) is 0 Å². The molecule has 4 nitrogen and oxygen atoms in total. The SMILES string of the molecule is Cc1ccc(CCC(=O)N2C[C@H](C(=O)O)[C@H](c3ccccc3)C2)c(C)c1. The number of likely N-dealkylation sites (tertiary alicyclic amines) is 1. The molecule has 26 heavy (non-hydrogen) atoms. The van der Waals surface area contributed by atoms with Crippen LogP contribution in [0.4, 0.5) is 0 Å². The molecule has 0 aliphatic carbocycles. The third-order valence-corrected chi connectivity index (χ3v) is 5.32. The van der Waals surface area contributed by atoms with Crippen LogP contribution in [0.5, 0.6) is 0 Å². The predicted octanol–water partition coefficient (Wildman–Crippen LogP) is 3.56. The second-order valence-corrected chi connectivity index (χ2v) is 7.19. The van der Waals surface area contributed by atoms with Crippen molar-refractivity contribution in [1.82, 2.24) is 4.90 Å². The molecule has 4 heteroatoms. The molecule has 2 atom stereocenters. The summed E-state index contributed by atoms with van der Waals surface area (Å²) in [6, 6.07) is 15.9. The first-order chi connectivity index (χ1) is 12.5. The zero-order chi connectivity index (χ0) is 18.7. The number of hydrogen-bond donors (Lipinski definition) is 1. The summed E-state index contributed by atoms with van der Waals surface area (Å²) in [6.45, 7) is 4.89. The topological polar surface area (TPSA) is 57.6 Å². The molecule has 1 amide bonds. The summed E-state index contributed by atoms with van der Waals surface area (Å²) >= 11 is 0. The molecule has 136 valence electrons. The van der Waals surface area contributed by atoms with Gasteiger partial charge in [-0.3, -0.25) is 9.59 Å². The van der Waals surface area contributed by atoms with Crippen LogP contribution in [0.3, 0.4) is 0 Å². The minimum Gasteiger partial charge on any atom is -0.481 e. The van der Waals surface area contributed by atoms with Crippen molar-refractivity contribution in [3.63, 3.8) is 0 Å². The predicted molar refractivity (Wildman–Crippen MR) is 101 cm³/mol. The molecule has 1 aliphatic rings. The highest BCUT2D eigenvalue weighted by Gasteiger charge is 2.40. The Hall–Kier alpha value is -2.62. The van der Waals surface area contributed by atoms with Gasteiger partial charge in [0.25, 0.3) is 0 Å².